The van der Waals surface area contributed by atoms with Gasteiger partial charge in [0.25, 0.3) is 34.7 Å². The number of nitrogens with zero attached hydrogens (tertiary/aromatic N) is 10. The lowest BCUT2D eigenvalue weighted by molar-refractivity contribution is -0.138. The molecule has 8 aromatic carbocycles. The predicted molar refractivity (Wildman–Crippen MR) is 526 cm³/mol. The maximum atomic E-state index is 14.7. The van der Waals surface area contributed by atoms with E-state index in [1.807, 2.05) is 84.6 Å². The highest BCUT2D eigenvalue weighted by Gasteiger charge is 2.44. The first-order valence-electron chi connectivity index (χ1n) is 42.1. The third-order valence-corrected chi connectivity index (χ3v) is 28.4. The number of alkyl halides is 6. The number of thiophene rings is 3. The van der Waals surface area contributed by atoms with Crippen molar-refractivity contribution in [2.75, 3.05) is 22.3 Å². The van der Waals surface area contributed by atoms with Crippen LogP contribution in [0.1, 0.15) is 116 Å². The zero-order valence-electron chi connectivity index (χ0n) is 74.0. The fourth-order valence-electron chi connectivity index (χ4n) is 17.1. The number of fused-ring (bicyclic) bond motifs is 8. The molecule has 48 heteroatoms. The Morgan fingerprint density at radius 3 is 1.48 bits per heavy atom. The van der Waals surface area contributed by atoms with Crippen LogP contribution in [0.15, 0.2) is 234 Å². The highest BCUT2D eigenvalue weighted by Crippen LogP contribution is 2.46. The summed E-state index contributed by atoms with van der Waals surface area (Å²) in [5.41, 5.74) is -4.89. The molecule has 20 rings (SSSR count). The van der Waals surface area contributed by atoms with E-state index in [9.17, 15) is 120 Å². The van der Waals surface area contributed by atoms with Crippen molar-refractivity contribution in [2.24, 2.45) is 0 Å². The number of aromatic nitrogens is 10. The van der Waals surface area contributed by atoms with Gasteiger partial charge < -0.3 is 33.5 Å². The molecule has 0 saturated heterocycles. The molecule has 2 aliphatic heterocycles. The van der Waals surface area contributed by atoms with Gasteiger partial charge in [-0.25, -0.2) is 83.1 Å². The van der Waals surface area contributed by atoms with E-state index in [4.69, 9.17) is 23.2 Å². The lowest BCUT2D eigenvalue weighted by Crippen LogP contribution is -2.42. The molecule has 734 valence electrons. The Bertz CT molecular complexity index is 8880. The fourth-order valence-corrected chi connectivity index (χ4v) is 21.5. The second-order valence-electron chi connectivity index (χ2n) is 32.7. The molecule has 0 spiro atoms. The number of amides is 6. The minimum absolute atomic E-state index is 0.0430. The highest BCUT2D eigenvalue weighted by atomic mass is 79.9. The molecule has 0 aliphatic carbocycles. The lowest BCUT2D eigenvalue weighted by Gasteiger charge is -2.25. The molecule has 0 unspecified atom stereocenters. The highest BCUT2D eigenvalue weighted by molar-refractivity contribution is 9.10. The van der Waals surface area contributed by atoms with Crippen molar-refractivity contribution >= 4 is 218 Å². The third-order valence-electron chi connectivity index (χ3n) is 23.1. The topological polar surface area (TPSA) is 431 Å². The lowest BCUT2D eigenvalue weighted by atomic mass is 10.0. The van der Waals surface area contributed by atoms with Crippen LogP contribution in [0.4, 0.5) is 46.5 Å². The first-order chi connectivity index (χ1) is 68.1. The van der Waals surface area contributed by atoms with E-state index in [2.05, 4.69) is 35.9 Å². The number of sulfonamides is 2. The van der Waals surface area contributed by atoms with Crippen molar-refractivity contribution in [1.29, 1.82) is 0 Å². The zero-order valence-corrected chi connectivity index (χ0v) is 81.2. The van der Waals surface area contributed by atoms with Gasteiger partial charge in [0.1, 0.15) is 23.0 Å². The molecule has 0 bridgehead atoms. The molecule has 0 radical (unpaired) electrons. The van der Waals surface area contributed by atoms with Gasteiger partial charge in [-0.3, -0.25) is 43.3 Å². The summed E-state index contributed by atoms with van der Waals surface area (Å²) in [7, 11) is -8.48. The summed E-state index contributed by atoms with van der Waals surface area (Å²) in [4.78, 5) is 175. The number of aryl methyl sites for hydroxylation is 2. The Labute approximate surface area is 833 Å². The zero-order chi connectivity index (χ0) is 103. The second kappa shape index (κ2) is 38.8. The average molecular weight is 2170 g/mol. The van der Waals surface area contributed by atoms with E-state index < -0.39 is 165 Å². The van der Waals surface area contributed by atoms with E-state index in [0.29, 0.717) is 90.3 Å². The van der Waals surface area contributed by atoms with Gasteiger partial charge in [-0.05, 0) is 150 Å². The first-order valence-corrected chi connectivity index (χ1v) is 50.1. The van der Waals surface area contributed by atoms with Crippen LogP contribution < -0.4 is 41.7 Å². The van der Waals surface area contributed by atoms with Crippen LogP contribution in [0.5, 0.6) is 0 Å². The molecular weight excluding hydrogens is 2100 g/mol. The van der Waals surface area contributed by atoms with Gasteiger partial charge in [-0.2, -0.15) is 26.3 Å². The molecule has 12 heterocycles. The number of hydrogen-bond acceptors (Lipinski definition) is 21. The number of carboxylic acid groups (broad SMARTS) is 2. The number of benzene rings is 8. The molecule has 0 atom stereocenters. The predicted octanol–water partition coefficient (Wildman–Crippen LogP) is 17.0. The summed E-state index contributed by atoms with van der Waals surface area (Å²) in [5.74, 6) is -8.94. The van der Waals surface area contributed by atoms with Gasteiger partial charge in [-0.15, -0.1) is 34.0 Å². The maximum absolute atomic E-state index is 14.7. The van der Waals surface area contributed by atoms with Crippen LogP contribution in [0.2, 0.25) is 10.0 Å². The number of imide groups is 2. The van der Waals surface area contributed by atoms with Gasteiger partial charge >= 0.3 is 35.7 Å². The number of carbonyl (C=O) groups excluding carboxylic acids is 6. The van der Waals surface area contributed by atoms with Crippen LogP contribution in [-0.2, 0) is 81.0 Å². The van der Waals surface area contributed by atoms with Gasteiger partial charge in [0.05, 0.1) is 109 Å². The minimum atomic E-state index is -4.93. The van der Waals surface area contributed by atoms with E-state index in [-0.39, 0.29) is 93.8 Å². The summed E-state index contributed by atoms with van der Waals surface area (Å²) in [6.07, 6.45) is -6.04. The van der Waals surface area contributed by atoms with E-state index in [1.54, 1.807) is 80.6 Å². The summed E-state index contributed by atoms with van der Waals surface area (Å²) in [6, 6.07) is 44.4. The molecule has 0 saturated carbocycles. The Morgan fingerprint density at radius 2 is 0.965 bits per heavy atom. The van der Waals surface area contributed by atoms with Crippen LogP contribution in [0, 0.1) is 25.5 Å². The minimum Gasteiger partial charge on any atom is -0.477 e. The number of aromatic amines is 2. The van der Waals surface area contributed by atoms with Crippen molar-refractivity contribution in [3.63, 3.8) is 0 Å². The van der Waals surface area contributed by atoms with Crippen molar-refractivity contribution in [2.45, 2.75) is 65.2 Å². The van der Waals surface area contributed by atoms with Gasteiger partial charge in [0.2, 0.25) is 31.9 Å². The Balaban J connectivity index is 0.000000132. The summed E-state index contributed by atoms with van der Waals surface area (Å²) >= 11 is 19.7. The molecule has 144 heavy (non-hydrogen) atoms. The van der Waals surface area contributed by atoms with Crippen molar-refractivity contribution < 1.29 is 101 Å². The largest absolute Gasteiger partial charge is 0.477 e. The number of hydrogen-bond donors (Lipinski definition) is 6. The van der Waals surface area contributed by atoms with Crippen LogP contribution in [-0.4, -0.2) is 134 Å². The number of H-pyrrole nitrogens is 2. The number of nitrogens with one attached hydrogen (secondary N) is 4. The number of halogens is 11. The number of aromatic carboxylic acids is 2. The van der Waals surface area contributed by atoms with Crippen LogP contribution in [0.3, 0.4) is 0 Å². The molecule has 6 N–H and O–H groups in total. The maximum Gasteiger partial charge on any atom is 0.416 e. The Hall–Kier alpha value is -15.5. The number of carbonyl (C=O) groups is 8. The molecule has 32 nitrogen and oxygen atoms in total. The molecule has 2 aliphatic rings. The first kappa shape index (κ1) is 100. The molecule has 6 amide bonds. The molecule has 0 fully saturated rings. The van der Waals surface area contributed by atoms with E-state index in [1.165, 1.54) is 38.0 Å². The molecule has 18 aromatic rings. The third kappa shape index (κ3) is 19.4. The molecular formula is C96H65BrCl2F8N14O18S5. The van der Waals surface area contributed by atoms with Crippen LogP contribution in [0.25, 0.3) is 77.1 Å². The van der Waals surface area contributed by atoms with Crippen molar-refractivity contribution in [3.05, 3.63) is 366 Å². The van der Waals surface area contributed by atoms with Gasteiger partial charge in [-0.1, -0.05) is 118 Å². The van der Waals surface area contributed by atoms with Gasteiger partial charge in [0, 0.05) is 94.2 Å². The monoisotopic (exact) mass is 2160 g/mol. The summed E-state index contributed by atoms with van der Waals surface area (Å²) in [5, 5.41) is 26.2. The Morgan fingerprint density at radius 1 is 0.500 bits per heavy atom. The smallest absolute Gasteiger partial charge is 0.416 e. The summed E-state index contributed by atoms with van der Waals surface area (Å²) in [6.45, 7) is 3.42. The van der Waals surface area contributed by atoms with E-state index in [0.717, 1.165) is 108 Å². The quantitative estimate of drug-likeness (QED) is 0.0343. The standard InChI is InChI=1S/C24H16BrF3N4O5S2.2C24H17ClN2O4S.C24H15F5N6O5S/c1-39(36,37)30-21(33)20-19(32-22(34)15-10-38-11-17(15)29-23(32)35)14-8-13(24(26,27)28)6-7-18(14)31(20)9-12-4-2-3-5-16(12)25;1-13-12-32-22-16(13)10-19(28)27(23(22)29)20-17-9-15(25)7-8-18(17)26(21(20)24(30)31)11-14-5-3-2-4-6-14;1-13-9-17-19(32-13)11-20(28)27(23(17)29)21-16-10-15(25)7-8-18(16)26(22(21)24(30)31)12-14-5-3-2-4-6-14;1-41(39,40)33-21(36)19-18(35-22(37)17-20(32-23(35)38)31-7-6-30-17)14-9-12(24(27,28)29)2-5-16(14)34(19)10-11-8-13(25)3-4-15(11)26/h2-8,10-11H,9H2,1H3,(H,29,35)(H,30,33);2-9,12H,10-11H2,1H3,(H,30,31);2-10H,11-12H2,1H3,(H,30,31);2-9H,10H2,1H3,(H,33,36)(H,31,32,38). The normalized spacial score (nSPS) is 12.9. The van der Waals surface area contributed by atoms with Crippen molar-refractivity contribution in [3.8, 4) is 11.4 Å². The Kier molecular flexibility index (Phi) is 26.9. The summed E-state index contributed by atoms with van der Waals surface area (Å²) < 4.78 is 169. The fraction of sp³-hybridized carbons (Fsp3) is 0.125. The number of anilines is 2. The van der Waals surface area contributed by atoms with Gasteiger partial charge in [0.15, 0.2) is 22.6 Å². The average Bonchev–Trinajstić information content (AvgIpc) is 1.58. The number of rotatable bonds is 18. The van der Waals surface area contributed by atoms with E-state index >= 15 is 0 Å². The number of carboxylic acids is 2. The second-order valence-corrected chi connectivity index (χ2v) is 40.9. The molecule has 10 aromatic heterocycles. The SMILES string of the molecule is CS(=O)(=O)NC(=O)c1c(-n2c(=O)[nH]c3cscc3c2=O)c2cc(C(F)(F)F)ccc2n1Cc1ccccc1Br.CS(=O)(=O)NC(=O)c1c(-n2c(=O)[nH]c3nccnc3c2=O)c2cc(C(F)(F)F)ccc2n1Cc1cc(F)ccc1F.Cc1cc2c(s1)CC(=O)N(c1c(C(=O)O)n(Cc3ccccc3)c3ccc(Cl)cc13)C2=O.Cc1csc2c1CC(=O)N(c1c(C(=O)O)n(Cc3ccccc3)c3ccc(Cl)cc13)C2=O. The van der Waals surface area contributed by atoms with Crippen LogP contribution >= 0.6 is 73.1 Å². The van der Waals surface area contributed by atoms with Crippen molar-refractivity contribution in [1.82, 2.24) is 56.8 Å².